The minimum Gasteiger partial charge on any atom is -0.451 e. The van der Waals surface area contributed by atoms with Gasteiger partial charge in [0.05, 0.1) is 4.92 Å². The van der Waals surface area contributed by atoms with Gasteiger partial charge in [-0.1, -0.05) is 17.7 Å². The Kier molecular flexibility index (Phi) is 3.75. The van der Waals surface area contributed by atoms with Crippen LogP contribution in [0.25, 0.3) is 11.0 Å². The van der Waals surface area contributed by atoms with E-state index >= 15 is 0 Å². The van der Waals surface area contributed by atoms with Gasteiger partial charge in [-0.05, 0) is 37.3 Å². The van der Waals surface area contributed by atoms with E-state index in [9.17, 15) is 14.9 Å². The number of nitro benzene ring substituents is 1. The Labute approximate surface area is 135 Å². The van der Waals surface area contributed by atoms with Gasteiger partial charge in [0, 0.05) is 27.7 Å². The molecular formula is C16H11ClN2O4. The molecule has 0 atom stereocenters. The molecule has 23 heavy (non-hydrogen) atoms. The third-order valence-corrected chi connectivity index (χ3v) is 3.60. The number of halogens is 1. The number of aryl methyl sites for hydroxylation is 1. The molecule has 0 aliphatic rings. The van der Waals surface area contributed by atoms with E-state index in [1.165, 1.54) is 6.07 Å². The van der Waals surface area contributed by atoms with Crippen LogP contribution in [0.1, 0.15) is 16.1 Å². The lowest BCUT2D eigenvalue weighted by atomic mass is 10.2. The van der Waals surface area contributed by atoms with Crippen molar-refractivity contribution in [3.8, 4) is 0 Å². The van der Waals surface area contributed by atoms with E-state index in [4.69, 9.17) is 16.0 Å². The molecule has 0 radical (unpaired) electrons. The molecule has 1 N–H and O–H groups in total. The van der Waals surface area contributed by atoms with Crippen molar-refractivity contribution in [2.75, 3.05) is 5.32 Å². The number of anilines is 1. The summed E-state index contributed by atoms with van der Waals surface area (Å²) in [5.74, 6) is -0.388. The van der Waals surface area contributed by atoms with E-state index in [1.807, 2.05) is 0 Å². The maximum Gasteiger partial charge on any atom is 0.291 e. The summed E-state index contributed by atoms with van der Waals surface area (Å²) in [6, 6.07) is 11.1. The molecule has 0 saturated carbocycles. The number of hydrogen-bond donors (Lipinski definition) is 1. The molecule has 3 aromatic rings. The van der Waals surface area contributed by atoms with E-state index in [2.05, 4.69) is 5.32 Å². The van der Waals surface area contributed by atoms with Gasteiger partial charge in [-0.3, -0.25) is 14.9 Å². The summed E-state index contributed by atoms with van der Waals surface area (Å²) in [6.45, 7) is 1.63. The standard InChI is InChI=1S/C16H11ClN2O4/c1-9-2-4-12(8-13(9)19(21)22)18-16(20)15-7-10-6-11(17)3-5-14(10)23-15/h2-8H,1H3,(H,18,20). The first kappa shape index (κ1) is 15.1. The van der Waals surface area contributed by atoms with Crippen LogP contribution in [-0.4, -0.2) is 10.8 Å². The van der Waals surface area contributed by atoms with Crippen LogP contribution < -0.4 is 5.32 Å². The molecule has 116 valence electrons. The fourth-order valence-corrected chi connectivity index (χ4v) is 2.38. The highest BCUT2D eigenvalue weighted by molar-refractivity contribution is 6.31. The van der Waals surface area contributed by atoms with Crippen LogP contribution >= 0.6 is 11.6 Å². The van der Waals surface area contributed by atoms with Crippen molar-refractivity contribution in [2.45, 2.75) is 6.92 Å². The molecular weight excluding hydrogens is 320 g/mol. The van der Waals surface area contributed by atoms with Crippen molar-refractivity contribution in [3.63, 3.8) is 0 Å². The Bertz CT molecular complexity index is 933. The fourth-order valence-electron chi connectivity index (χ4n) is 2.20. The molecule has 1 heterocycles. The van der Waals surface area contributed by atoms with E-state index in [-0.39, 0.29) is 11.4 Å². The SMILES string of the molecule is Cc1ccc(NC(=O)c2cc3cc(Cl)ccc3o2)cc1[N+](=O)[O-]. The second kappa shape index (κ2) is 5.73. The normalized spacial score (nSPS) is 10.7. The first-order valence-electron chi connectivity index (χ1n) is 6.69. The number of carbonyl (C=O) groups excluding carboxylic acids is 1. The van der Waals surface area contributed by atoms with Crippen LogP contribution in [0, 0.1) is 17.0 Å². The molecule has 1 aromatic heterocycles. The molecule has 0 aliphatic heterocycles. The number of nitrogens with one attached hydrogen (secondary N) is 1. The molecule has 0 fully saturated rings. The summed E-state index contributed by atoms with van der Waals surface area (Å²) in [6.07, 6.45) is 0. The Hall–Kier alpha value is -2.86. The summed E-state index contributed by atoms with van der Waals surface area (Å²) in [7, 11) is 0. The Morgan fingerprint density at radius 1 is 1.22 bits per heavy atom. The molecule has 2 aromatic carbocycles. The Balaban J connectivity index is 1.88. The molecule has 6 nitrogen and oxygen atoms in total. The second-order valence-corrected chi connectivity index (χ2v) is 5.44. The molecule has 0 unspecified atom stereocenters. The smallest absolute Gasteiger partial charge is 0.291 e. The third-order valence-electron chi connectivity index (χ3n) is 3.37. The maximum atomic E-state index is 12.2. The van der Waals surface area contributed by atoms with E-state index in [0.29, 0.717) is 27.2 Å². The van der Waals surface area contributed by atoms with Gasteiger partial charge in [0.15, 0.2) is 5.76 Å². The number of fused-ring (bicyclic) bond motifs is 1. The number of benzene rings is 2. The average Bonchev–Trinajstić information content (AvgIpc) is 2.92. The molecule has 0 saturated heterocycles. The van der Waals surface area contributed by atoms with Crippen molar-refractivity contribution < 1.29 is 14.1 Å². The van der Waals surface area contributed by atoms with Crippen molar-refractivity contribution >= 4 is 39.9 Å². The number of carbonyl (C=O) groups is 1. The van der Waals surface area contributed by atoms with Gasteiger partial charge in [0.1, 0.15) is 5.58 Å². The zero-order valence-corrected chi connectivity index (χ0v) is 12.8. The van der Waals surface area contributed by atoms with Crippen LogP contribution in [0.3, 0.4) is 0 Å². The van der Waals surface area contributed by atoms with Gasteiger partial charge in [-0.25, -0.2) is 0 Å². The topological polar surface area (TPSA) is 85.4 Å². The Morgan fingerprint density at radius 3 is 2.74 bits per heavy atom. The van der Waals surface area contributed by atoms with E-state index < -0.39 is 10.8 Å². The van der Waals surface area contributed by atoms with Gasteiger partial charge in [0.2, 0.25) is 0 Å². The zero-order valence-electron chi connectivity index (χ0n) is 12.0. The van der Waals surface area contributed by atoms with Crippen LogP contribution in [0.4, 0.5) is 11.4 Å². The lowest BCUT2D eigenvalue weighted by Gasteiger charge is -2.04. The highest BCUT2D eigenvalue weighted by Gasteiger charge is 2.16. The molecule has 7 heteroatoms. The van der Waals surface area contributed by atoms with Gasteiger partial charge in [-0.2, -0.15) is 0 Å². The third kappa shape index (κ3) is 3.02. The number of nitro groups is 1. The summed E-state index contributed by atoms with van der Waals surface area (Å²) in [4.78, 5) is 22.7. The van der Waals surface area contributed by atoms with Crippen LogP contribution in [0.2, 0.25) is 5.02 Å². The monoisotopic (exact) mass is 330 g/mol. The lowest BCUT2D eigenvalue weighted by molar-refractivity contribution is -0.385. The van der Waals surface area contributed by atoms with Gasteiger partial charge >= 0.3 is 0 Å². The van der Waals surface area contributed by atoms with Crippen LogP contribution in [0.15, 0.2) is 46.9 Å². The van der Waals surface area contributed by atoms with E-state index in [0.717, 1.165) is 0 Å². The molecule has 1 amide bonds. The van der Waals surface area contributed by atoms with Crippen molar-refractivity contribution in [1.82, 2.24) is 0 Å². The number of rotatable bonds is 3. The second-order valence-electron chi connectivity index (χ2n) is 5.01. The average molecular weight is 331 g/mol. The van der Waals surface area contributed by atoms with Crippen molar-refractivity contribution in [2.24, 2.45) is 0 Å². The summed E-state index contributed by atoms with van der Waals surface area (Å²) in [5.41, 5.74) is 1.32. The van der Waals surface area contributed by atoms with E-state index in [1.54, 1.807) is 43.3 Å². The predicted molar refractivity (Wildman–Crippen MR) is 87.0 cm³/mol. The fraction of sp³-hybridized carbons (Fsp3) is 0.0625. The number of hydrogen-bond acceptors (Lipinski definition) is 4. The Morgan fingerprint density at radius 2 is 2.00 bits per heavy atom. The number of nitrogens with zero attached hydrogens (tertiary/aromatic N) is 1. The van der Waals surface area contributed by atoms with Crippen LogP contribution in [-0.2, 0) is 0 Å². The summed E-state index contributed by atoms with van der Waals surface area (Å²) in [5, 5.41) is 14.8. The van der Waals surface area contributed by atoms with Crippen LogP contribution in [0.5, 0.6) is 0 Å². The lowest BCUT2D eigenvalue weighted by Crippen LogP contribution is -2.11. The highest BCUT2D eigenvalue weighted by Crippen LogP contribution is 2.25. The quantitative estimate of drug-likeness (QED) is 0.563. The first-order chi connectivity index (χ1) is 10.9. The highest BCUT2D eigenvalue weighted by atomic mass is 35.5. The largest absolute Gasteiger partial charge is 0.451 e. The number of furan rings is 1. The maximum absolute atomic E-state index is 12.2. The summed E-state index contributed by atoms with van der Waals surface area (Å²) < 4.78 is 5.45. The molecule has 0 spiro atoms. The number of amides is 1. The van der Waals surface area contributed by atoms with Gasteiger partial charge in [0.25, 0.3) is 11.6 Å². The minimum absolute atomic E-state index is 0.0563. The molecule has 3 rings (SSSR count). The molecule has 0 bridgehead atoms. The van der Waals surface area contributed by atoms with Gasteiger partial charge in [-0.15, -0.1) is 0 Å². The van der Waals surface area contributed by atoms with Crippen molar-refractivity contribution in [3.05, 3.63) is 68.9 Å². The first-order valence-corrected chi connectivity index (χ1v) is 7.07. The summed E-state index contributed by atoms with van der Waals surface area (Å²) >= 11 is 5.89. The van der Waals surface area contributed by atoms with Gasteiger partial charge < -0.3 is 9.73 Å². The minimum atomic E-state index is -0.492. The molecule has 0 aliphatic carbocycles. The zero-order chi connectivity index (χ0) is 16.6. The van der Waals surface area contributed by atoms with Crippen molar-refractivity contribution in [1.29, 1.82) is 0 Å². The predicted octanol–water partition coefficient (Wildman–Crippen LogP) is 4.56.